The summed E-state index contributed by atoms with van der Waals surface area (Å²) in [7, 11) is -4.24. The SMILES string of the molecule is Nc1c(C(F)F)[nH]c(S(N)(=O)=O)cc1=O. The van der Waals surface area contributed by atoms with Gasteiger partial charge in [0.1, 0.15) is 11.4 Å². The second-order valence-electron chi connectivity index (χ2n) is 2.67. The Morgan fingerprint density at radius 1 is 1.40 bits per heavy atom. The molecule has 0 unspecified atom stereocenters. The van der Waals surface area contributed by atoms with Crippen LogP contribution in [-0.2, 0) is 10.0 Å². The second-order valence-corrected chi connectivity index (χ2v) is 4.20. The first-order chi connectivity index (χ1) is 6.73. The minimum Gasteiger partial charge on any atom is -0.394 e. The minimum atomic E-state index is -4.24. The highest BCUT2D eigenvalue weighted by molar-refractivity contribution is 7.89. The number of H-pyrrole nitrogens is 1. The molecule has 0 spiro atoms. The van der Waals surface area contributed by atoms with Gasteiger partial charge < -0.3 is 10.7 Å². The van der Waals surface area contributed by atoms with E-state index in [2.05, 4.69) is 5.14 Å². The molecule has 84 valence electrons. The van der Waals surface area contributed by atoms with Crippen LogP contribution in [0.25, 0.3) is 0 Å². The quantitative estimate of drug-likeness (QED) is 0.647. The van der Waals surface area contributed by atoms with Crippen molar-refractivity contribution < 1.29 is 17.2 Å². The van der Waals surface area contributed by atoms with E-state index < -0.39 is 38.3 Å². The standard InChI is InChI=1S/C6H7F2N3O3S/c7-6(8)5-4(9)2(12)1-3(11-5)15(10,13)14/h1,6H,9H2,(H,11,12)(H2,10,13,14). The number of nitrogens with one attached hydrogen (secondary N) is 1. The van der Waals surface area contributed by atoms with Gasteiger partial charge in [-0.25, -0.2) is 22.3 Å². The van der Waals surface area contributed by atoms with Crippen molar-refractivity contribution in [1.82, 2.24) is 4.98 Å². The molecule has 15 heavy (non-hydrogen) atoms. The zero-order valence-corrected chi connectivity index (χ0v) is 8.01. The average Bonchev–Trinajstić information content (AvgIpc) is 2.06. The fourth-order valence-electron chi connectivity index (χ4n) is 0.891. The minimum absolute atomic E-state index is 0.552. The molecule has 1 heterocycles. The van der Waals surface area contributed by atoms with Crippen molar-refractivity contribution in [1.29, 1.82) is 0 Å². The van der Waals surface area contributed by atoms with Gasteiger partial charge in [0.15, 0.2) is 5.03 Å². The number of anilines is 1. The van der Waals surface area contributed by atoms with Gasteiger partial charge in [0.2, 0.25) is 5.43 Å². The summed E-state index contributed by atoms with van der Waals surface area (Å²) >= 11 is 0. The molecular formula is C6H7F2N3O3S. The molecule has 0 aromatic carbocycles. The molecule has 1 aromatic heterocycles. The predicted molar refractivity (Wildman–Crippen MR) is 47.8 cm³/mol. The fraction of sp³-hybridized carbons (Fsp3) is 0.167. The van der Waals surface area contributed by atoms with Crippen LogP contribution in [0.5, 0.6) is 0 Å². The number of rotatable bonds is 2. The molecule has 0 aliphatic rings. The monoisotopic (exact) mass is 239 g/mol. The molecule has 1 aromatic rings. The molecule has 0 aliphatic carbocycles. The topological polar surface area (TPSA) is 119 Å². The summed E-state index contributed by atoms with van der Waals surface area (Å²) < 4.78 is 46.2. The molecule has 0 amide bonds. The van der Waals surface area contributed by atoms with Gasteiger partial charge in [0.25, 0.3) is 16.4 Å². The number of aromatic nitrogens is 1. The van der Waals surface area contributed by atoms with Crippen LogP contribution in [0.2, 0.25) is 0 Å². The summed E-state index contributed by atoms with van der Waals surface area (Å²) in [4.78, 5) is 12.8. The lowest BCUT2D eigenvalue weighted by Gasteiger charge is -2.06. The second kappa shape index (κ2) is 3.59. The molecule has 0 saturated carbocycles. The number of alkyl halides is 2. The summed E-state index contributed by atoms with van der Waals surface area (Å²) in [6, 6.07) is 0.552. The summed E-state index contributed by atoms with van der Waals surface area (Å²) in [6.45, 7) is 0. The number of primary sulfonamides is 1. The molecule has 0 aliphatic heterocycles. The third kappa shape index (κ3) is 2.30. The van der Waals surface area contributed by atoms with E-state index in [0.29, 0.717) is 6.07 Å². The predicted octanol–water partition coefficient (Wildman–Crippen LogP) is -0.458. The molecule has 6 nitrogen and oxygen atoms in total. The molecule has 0 atom stereocenters. The van der Waals surface area contributed by atoms with Crippen LogP contribution in [0.1, 0.15) is 12.1 Å². The van der Waals surface area contributed by atoms with Gasteiger partial charge in [-0.1, -0.05) is 0 Å². The van der Waals surface area contributed by atoms with E-state index in [-0.39, 0.29) is 0 Å². The van der Waals surface area contributed by atoms with E-state index in [0.717, 1.165) is 0 Å². The van der Waals surface area contributed by atoms with Crippen LogP contribution in [-0.4, -0.2) is 13.4 Å². The number of nitrogens with two attached hydrogens (primary N) is 2. The van der Waals surface area contributed by atoms with Crippen LogP contribution in [0, 0.1) is 0 Å². The van der Waals surface area contributed by atoms with Crippen LogP contribution < -0.4 is 16.3 Å². The van der Waals surface area contributed by atoms with Gasteiger partial charge in [0.05, 0.1) is 0 Å². The Bertz CT molecular complexity index is 537. The number of hydrogen-bond acceptors (Lipinski definition) is 4. The Kier molecular flexibility index (Phi) is 2.77. The maximum Gasteiger partial charge on any atom is 0.280 e. The fourth-order valence-corrected chi connectivity index (χ4v) is 1.41. The Morgan fingerprint density at radius 3 is 2.33 bits per heavy atom. The molecule has 5 N–H and O–H groups in total. The smallest absolute Gasteiger partial charge is 0.280 e. The van der Waals surface area contributed by atoms with E-state index >= 15 is 0 Å². The zero-order chi connectivity index (χ0) is 11.8. The van der Waals surface area contributed by atoms with E-state index in [1.807, 2.05) is 0 Å². The molecule has 0 fully saturated rings. The molecule has 9 heteroatoms. The van der Waals surface area contributed by atoms with Gasteiger partial charge in [-0.05, 0) is 0 Å². The third-order valence-electron chi connectivity index (χ3n) is 1.60. The summed E-state index contributed by atoms with van der Waals surface area (Å²) in [5.74, 6) is 0. The maximum atomic E-state index is 12.3. The lowest BCUT2D eigenvalue weighted by Crippen LogP contribution is -2.21. The van der Waals surface area contributed by atoms with Crippen molar-refractivity contribution in [2.24, 2.45) is 5.14 Å². The normalized spacial score (nSPS) is 12.0. The van der Waals surface area contributed by atoms with Crippen molar-refractivity contribution >= 4 is 15.7 Å². The largest absolute Gasteiger partial charge is 0.394 e. The van der Waals surface area contributed by atoms with E-state index in [4.69, 9.17) is 5.73 Å². The lowest BCUT2D eigenvalue weighted by molar-refractivity contribution is 0.146. The number of halogens is 2. The molecule has 0 saturated heterocycles. The Labute approximate surface area is 82.9 Å². The molecule has 0 radical (unpaired) electrons. The Balaban J connectivity index is 3.58. The van der Waals surface area contributed by atoms with Gasteiger partial charge in [0, 0.05) is 6.07 Å². The first kappa shape index (κ1) is 11.6. The third-order valence-corrected chi connectivity index (χ3v) is 2.43. The van der Waals surface area contributed by atoms with Crippen LogP contribution in [0.15, 0.2) is 15.9 Å². The van der Waals surface area contributed by atoms with Crippen LogP contribution >= 0.6 is 0 Å². The van der Waals surface area contributed by atoms with Gasteiger partial charge in [-0.2, -0.15) is 0 Å². The highest BCUT2D eigenvalue weighted by Crippen LogP contribution is 2.20. The first-order valence-electron chi connectivity index (χ1n) is 3.57. The van der Waals surface area contributed by atoms with Crippen molar-refractivity contribution in [2.75, 3.05) is 5.73 Å². The van der Waals surface area contributed by atoms with Crippen molar-refractivity contribution in [3.8, 4) is 0 Å². The number of nitrogen functional groups attached to an aromatic ring is 1. The average molecular weight is 239 g/mol. The molecular weight excluding hydrogens is 232 g/mol. The van der Waals surface area contributed by atoms with Crippen molar-refractivity contribution in [2.45, 2.75) is 11.5 Å². The highest BCUT2D eigenvalue weighted by Gasteiger charge is 2.19. The highest BCUT2D eigenvalue weighted by atomic mass is 32.2. The van der Waals surface area contributed by atoms with Gasteiger partial charge >= 0.3 is 0 Å². The number of hydrogen-bond donors (Lipinski definition) is 3. The molecule has 0 bridgehead atoms. The van der Waals surface area contributed by atoms with E-state index in [1.165, 1.54) is 0 Å². The van der Waals surface area contributed by atoms with Gasteiger partial charge in [-0.3, -0.25) is 4.79 Å². The van der Waals surface area contributed by atoms with Gasteiger partial charge in [-0.15, -0.1) is 0 Å². The number of aromatic amines is 1. The van der Waals surface area contributed by atoms with E-state index in [9.17, 15) is 22.0 Å². The number of pyridine rings is 1. The van der Waals surface area contributed by atoms with Crippen LogP contribution in [0.4, 0.5) is 14.5 Å². The molecule has 1 rings (SSSR count). The first-order valence-corrected chi connectivity index (χ1v) is 5.11. The maximum absolute atomic E-state index is 12.3. The zero-order valence-electron chi connectivity index (χ0n) is 7.20. The van der Waals surface area contributed by atoms with Crippen molar-refractivity contribution in [3.05, 3.63) is 22.0 Å². The summed E-state index contributed by atoms with van der Waals surface area (Å²) in [5.41, 5.74) is 2.34. The summed E-state index contributed by atoms with van der Waals surface area (Å²) in [5, 5.41) is 3.87. The Morgan fingerprint density at radius 2 is 1.93 bits per heavy atom. The lowest BCUT2D eigenvalue weighted by atomic mass is 10.3. The van der Waals surface area contributed by atoms with E-state index in [1.54, 1.807) is 4.98 Å². The Hall–Kier alpha value is -1.48. The number of sulfonamides is 1. The van der Waals surface area contributed by atoms with Crippen LogP contribution in [0.3, 0.4) is 0 Å². The summed E-state index contributed by atoms with van der Waals surface area (Å²) in [6.07, 6.45) is -3.08. The van der Waals surface area contributed by atoms with Crippen molar-refractivity contribution in [3.63, 3.8) is 0 Å².